The Bertz CT molecular complexity index is 522. The summed E-state index contributed by atoms with van der Waals surface area (Å²) >= 11 is 0. The highest BCUT2D eigenvalue weighted by molar-refractivity contribution is 5.72. The highest BCUT2D eigenvalue weighted by atomic mass is 16.4. The summed E-state index contributed by atoms with van der Waals surface area (Å²) in [7, 11) is 0. The lowest BCUT2D eigenvalue weighted by Gasteiger charge is -2.31. The molecule has 2 rings (SSSR count). The SMILES string of the molecule is CC(C)=C[C@H](C[C@H](C)[C@H]1CC[C@H](C)c2cocc21)C(=O)O. The van der Waals surface area contributed by atoms with E-state index in [9.17, 15) is 9.90 Å². The minimum absolute atomic E-state index is 0.338. The van der Waals surface area contributed by atoms with Crippen molar-refractivity contribution in [2.75, 3.05) is 0 Å². The van der Waals surface area contributed by atoms with E-state index in [4.69, 9.17) is 4.42 Å². The van der Waals surface area contributed by atoms with Crippen LogP contribution in [-0.4, -0.2) is 11.1 Å². The van der Waals surface area contributed by atoms with Gasteiger partial charge in [-0.2, -0.15) is 0 Å². The Balaban J connectivity index is 2.14. The predicted molar refractivity (Wildman–Crippen MR) is 83.4 cm³/mol. The first-order valence-electron chi connectivity index (χ1n) is 7.84. The van der Waals surface area contributed by atoms with Gasteiger partial charge in [0.2, 0.25) is 0 Å². The summed E-state index contributed by atoms with van der Waals surface area (Å²) in [5, 5.41) is 9.40. The van der Waals surface area contributed by atoms with Gasteiger partial charge in [-0.15, -0.1) is 0 Å². The third-order valence-electron chi connectivity index (χ3n) is 4.73. The Morgan fingerprint density at radius 3 is 2.67 bits per heavy atom. The summed E-state index contributed by atoms with van der Waals surface area (Å²) in [6.07, 6.45) is 8.56. The summed E-state index contributed by atoms with van der Waals surface area (Å²) < 4.78 is 5.41. The molecule has 3 nitrogen and oxygen atoms in total. The maximum Gasteiger partial charge on any atom is 0.310 e. The van der Waals surface area contributed by atoms with E-state index >= 15 is 0 Å². The lowest BCUT2D eigenvalue weighted by atomic mass is 9.72. The molecule has 0 saturated heterocycles. The largest absolute Gasteiger partial charge is 0.481 e. The number of furan rings is 1. The van der Waals surface area contributed by atoms with Gasteiger partial charge in [-0.3, -0.25) is 4.79 Å². The molecule has 0 radical (unpaired) electrons. The second-order valence-corrected chi connectivity index (χ2v) is 6.77. The average molecular weight is 290 g/mol. The smallest absolute Gasteiger partial charge is 0.310 e. The molecular formula is C18H26O3. The lowest BCUT2D eigenvalue weighted by Crippen LogP contribution is -2.22. The van der Waals surface area contributed by atoms with E-state index in [0.717, 1.165) is 18.4 Å². The predicted octanol–water partition coefficient (Wildman–Crippen LogP) is 4.95. The highest BCUT2D eigenvalue weighted by Gasteiger charge is 2.32. The molecule has 1 aromatic rings. The summed E-state index contributed by atoms with van der Waals surface area (Å²) in [5.41, 5.74) is 3.67. The third-order valence-corrected chi connectivity index (χ3v) is 4.73. The zero-order chi connectivity index (χ0) is 15.6. The molecule has 0 fully saturated rings. The van der Waals surface area contributed by atoms with Crippen LogP contribution in [0.1, 0.15) is 69.9 Å². The van der Waals surface area contributed by atoms with Crippen molar-refractivity contribution >= 4 is 5.97 Å². The molecule has 0 spiro atoms. The van der Waals surface area contributed by atoms with Crippen molar-refractivity contribution in [1.82, 2.24) is 0 Å². The van der Waals surface area contributed by atoms with Gasteiger partial charge in [0, 0.05) is 0 Å². The minimum atomic E-state index is -0.723. The van der Waals surface area contributed by atoms with Gasteiger partial charge in [0.1, 0.15) is 0 Å². The maximum absolute atomic E-state index is 11.4. The van der Waals surface area contributed by atoms with E-state index in [1.165, 1.54) is 11.1 Å². The van der Waals surface area contributed by atoms with Crippen LogP contribution in [0.5, 0.6) is 0 Å². The van der Waals surface area contributed by atoms with Gasteiger partial charge in [-0.25, -0.2) is 0 Å². The molecule has 0 unspecified atom stereocenters. The number of carbonyl (C=O) groups is 1. The van der Waals surface area contributed by atoms with E-state index in [1.807, 2.05) is 32.4 Å². The number of aliphatic carboxylic acids is 1. The van der Waals surface area contributed by atoms with Gasteiger partial charge in [0.05, 0.1) is 18.4 Å². The fourth-order valence-corrected chi connectivity index (χ4v) is 3.56. The Labute approximate surface area is 127 Å². The van der Waals surface area contributed by atoms with Crippen LogP contribution in [0.4, 0.5) is 0 Å². The topological polar surface area (TPSA) is 50.4 Å². The van der Waals surface area contributed by atoms with Crippen LogP contribution in [0, 0.1) is 11.8 Å². The average Bonchev–Trinajstić information content (AvgIpc) is 2.87. The van der Waals surface area contributed by atoms with Crippen molar-refractivity contribution in [3.63, 3.8) is 0 Å². The van der Waals surface area contributed by atoms with Crippen LogP contribution in [0.25, 0.3) is 0 Å². The number of fused-ring (bicyclic) bond motifs is 1. The molecule has 4 atom stereocenters. The number of allylic oxidation sites excluding steroid dienone is 1. The van der Waals surface area contributed by atoms with Gasteiger partial charge >= 0.3 is 5.97 Å². The van der Waals surface area contributed by atoms with Crippen LogP contribution in [0.2, 0.25) is 0 Å². The van der Waals surface area contributed by atoms with Crippen molar-refractivity contribution < 1.29 is 14.3 Å². The molecule has 1 aliphatic rings. The van der Waals surface area contributed by atoms with E-state index in [2.05, 4.69) is 13.8 Å². The number of hydrogen-bond acceptors (Lipinski definition) is 2. The Morgan fingerprint density at radius 1 is 1.38 bits per heavy atom. The number of carboxylic acids is 1. The number of hydrogen-bond donors (Lipinski definition) is 1. The van der Waals surface area contributed by atoms with Gasteiger partial charge in [0.15, 0.2) is 0 Å². The molecule has 0 aromatic carbocycles. The fraction of sp³-hybridized carbons (Fsp3) is 0.611. The zero-order valence-electron chi connectivity index (χ0n) is 13.4. The second kappa shape index (κ2) is 6.50. The van der Waals surface area contributed by atoms with Gasteiger partial charge in [-0.05, 0) is 62.0 Å². The summed E-state index contributed by atoms with van der Waals surface area (Å²) in [6.45, 7) is 8.32. The van der Waals surface area contributed by atoms with Gasteiger partial charge in [0.25, 0.3) is 0 Å². The van der Waals surface area contributed by atoms with Crippen molar-refractivity contribution in [1.29, 1.82) is 0 Å². The highest BCUT2D eigenvalue weighted by Crippen LogP contribution is 2.44. The third kappa shape index (κ3) is 3.58. The molecule has 1 aliphatic carbocycles. The zero-order valence-corrected chi connectivity index (χ0v) is 13.4. The summed E-state index contributed by atoms with van der Waals surface area (Å²) in [6, 6.07) is 0. The van der Waals surface area contributed by atoms with E-state index in [0.29, 0.717) is 24.2 Å². The summed E-state index contributed by atoms with van der Waals surface area (Å²) in [4.78, 5) is 11.4. The first-order valence-corrected chi connectivity index (χ1v) is 7.84. The molecule has 21 heavy (non-hydrogen) atoms. The first-order chi connectivity index (χ1) is 9.90. The Kier molecular flexibility index (Phi) is 4.92. The van der Waals surface area contributed by atoms with Crippen LogP contribution in [0.15, 0.2) is 28.6 Å². The second-order valence-electron chi connectivity index (χ2n) is 6.77. The maximum atomic E-state index is 11.4. The molecule has 116 valence electrons. The standard InChI is InChI=1S/C18H26O3/c1-11(2)7-14(18(19)20)8-13(4)15-6-5-12(3)16-9-21-10-17(15)16/h7,9-10,12-15H,5-6,8H2,1-4H3,(H,19,20)/t12-,13-,14+,15+/m0/s1. The lowest BCUT2D eigenvalue weighted by molar-refractivity contribution is -0.140. The normalized spacial score (nSPS) is 24.0. The van der Waals surface area contributed by atoms with Crippen LogP contribution in [0.3, 0.4) is 0 Å². The number of rotatable bonds is 5. The van der Waals surface area contributed by atoms with Crippen molar-refractivity contribution in [3.8, 4) is 0 Å². The molecule has 1 N–H and O–H groups in total. The molecule has 0 saturated carbocycles. The fourth-order valence-electron chi connectivity index (χ4n) is 3.56. The number of carboxylic acid groups (broad SMARTS) is 1. The first kappa shape index (κ1) is 15.9. The van der Waals surface area contributed by atoms with Crippen LogP contribution in [-0.2, 0) is 4.79 Å². The Hall–Kier alpha value is -1.51. The van der Waals surface area contributed by atoms with E-state index in [-0.39, 0.29) is 5.92 Å². The Morgan fingerprint density at radius 2 is 2.05 bits per heavy atom. The van der Waals surface area contributed by atoms with Crippen LogP contribution >= 0.6 is 0 Å². The van der Waals surface area contributed by atoms with Gasteiger partial charge < -0.3 is 9.52 Å². The quantitative estimate of drug-likeness (QED) is 0.780. The van der Waals surface area contributed by atoms with E-state index < -0.39 is 5.97 Å². The van der Waals surface area contributed by atoms with Crippen molar-refractivity contribution in [2.24, 2.45) is 11.8 Å². The molecule has 1 heterocycles. The monoisotopic (exact) mass is 290 g/mol. The molecule has 0 bridgehead atoms. The van der Waals surface area contributed by atoms with E-state index in [1.54, 1.807) is 0 Å². The van der Waals surface area contributed by atoms with Gasteiger partial charge in [-0.1, -0.05) is 25.5 Å². The minimum Gasteiger partial charge on any atom is -0.481 e. The molecule has 1 aromatic heterocycles. The van der Waals surface area contributed by atoms with Crippen molar-refractivity contribution in [3.05, 3.63) is 35.3 Å². The molecule has 3 heteroatoms. The van der Waals surface area contributed by atoms with Crippen molar-refractivity contribution in [2.45, 2.75) is 58.8 Å². The van der Waals surface area contributed by atoms with Crippen LogP contribution < -0.4 is 0 Å². The molecule has 0 aliphatic heterocycles. The molecule has 0 amide bonds. The summed E-state index contributed by atoms with van der Waals surface area (Å²) in [5.74, 6) is 0.197. The molecular weight excluding hydrogens is 264 g/mol.